The van der Waals surface area contributed by atoms with Gasteiger partial charge < -0.3 is 5.32 Å². The van der Waals surface area contributed by atoms with Crippen molar-refractivity contribution in [1.29, 1.82) is 0 Å². The maximum atomic E-state index is 5.78. The van der Waals surface area contributed by atoms with Gasteiger partial charge in [0, 0.05) is 24.2 Å². The van der Waals surface area contributed by atoms with Gasteiger partial charge in [0.25, 0.3) is 0 Å². The molecule has 0 atom stereocenters. The largest absolute Gasteiger partial charge is 0.310 e. The number of nitrogens with zero attached hydrogens (tertiary/aromatic N) is 1. The molecule has 0 aromatic heterocycles. The molecule has 1 N–H and O–H groups in total. The van der Waals surface area contributed by atoms with E-state index < -0.39 is 0 Å². The van der Waals surface area contributed by atoms with E-state index in [0.717, 1.165) is 6.54 Å². The van der Waals surface area contributed by atoms with E-state index in [1.807, 2.05) is 0 Å². The van der Waals surface area contributed by atoms with E-state index >= 15 is 0 Å². The molecule has 0 radical (unpaired) electrons. The zero-order valence-corrected chi connectivity index (χ0v) is 11.7. The predicted octanol–water partition coefficient (Wildman–Crippen LogP) is 3.13. The van der Waals surface area contributed by atoms with Gasteiger partial charge in [-0.1, -0.05) is 30.9 Å². The van der Waals surface area contributed by atoms with Crippen LogP contribution < -0.4 is 5.32 Å². The van der Waals surface area contributed by atoms with Crippen molar-refractivity contribution >= 4 is 11.6 Å². The summed E-state index contributed by atoms with van der Waals surface area (Å²) in [6, 6.07) is 0. The minimum Gasteiger partial charge on any atom is -0.310 e. The van der Waals surface area contributed by atoms with E-state index in [1.54, 1.807) is 5.54 Å². The van der Waals surface area contributed by atoms with Crippen LogP contribution in [-0.4, -0.2) is 36.6 Å². The van der Waals surface area contributed by atoms with Crippen molar-refractivity contribution in [2.75, 3.05) is 26.2 Å². The molecule has 2 rings (SSSR count). The Morgan fingerprint density at radius 2 is 2.06 bits per heavy atom. The molecule has 2 aliphatic rings. The monoisotopic (exact) mass is 256 g/mol. The number of hydrogen-bond donors (Lipinski definition) is 1. The molecule has 1 heterocycles. The minimum absolute atomic E-state index is 0.404. The summed E-state index contributed by atoms with van der Waals surface area (Å²) in [7, 11) is 0. The van der Waals surface area contributed by atoms with Gasteiger partial charge in [-0.15, -0.1) is 0 Å². The van der Waals surface area contributed by atoms with Crippen molar-refractivity contribution < 1.29 is 0 Å². The van der Waals surface area contributed by atoms with E-state index in [9.17, 15) is 0 Å². The van der Waals surface area contributed by atoms with Crippen molar-refractivity contribution in [1.82, 2.24) is 10.2 Å². The molecule has 17 heavy (non-hydrogen) atoms. The summed E-state index contributed by atoms with van der Waals surface area (Å²) in [6.45, 7) is 6.75. The second-order valence-corrected chi connectivity index (χ2v) is 6.01. The van der Waals surface area contributed by atoms with Crippen LogP contribution in [0.5, 0.6) is 0 Å². The van der Waals surface area contributed by atoms with Gasteiger partial charge in [0.2, 0.25) is 0 Å². The van der Waals surface area contributed by atoms with E-state index in [0.29, 0.717) is 5.54 Å². The van der Waals surface area contributed by atoms with Gasteiger partial charge in [-0.2, -0.15) is 0 Å². The Morgan fingerprint density at radius 3 is 2.76 bits per heavy atom. The van der Waals surface area contributed by atoms with E-state index in [2.05, 4.69) is 17.1 Å². The molecular formula is C14H25ClN2. The molecule has 1 saturated heterocycles. The van der Waals surface area contributed by atoms with Gasteiger partial charge in [-0.05, 0) is 44.8 Å². The van der Waals surface area contributed by atoms with Gasteiger partial charge in [0.15, 0.2) is 0 Å². The Bertz CT molecular complexity index is 269. The molecule has 0 aromatic rings. The number of nitrogens with one attached hydrogen (secondary N) is 1. The van der Waals surface area contributed by atoms with Crippen LogP contribution in [-0.2, 0) is 0 Å². The third kappa shape index (κ3) is 3.70. The molecule has 98 valence electrons. The number of halogens is 1. The second kappa shape index (κ2) is 6.21. The first-order valence-corrected chi connectivity index (χ1v) is 7.41. The van der Waals surface area contributed by atoms with Crippen molar-refractivity contribution in [3.8, 4) is 0 Å². The average molecular weight is 257 g/mol. The molecule has 1 spiro atoms. The van der Waals surface area contributed by atoms with Gasteiger partial charge in [0.05, 0.1) is 0 Å². The molecule has 2 nitrogen and oxygen atoms in total. The third-order valence-electron chi connectivity index (χ3n) is 4.15. The molecule has 3 heteroatoms. The molecule has 0 unspecified atom stereocenters. The maximum absolute atomic E-state index is 5.78. The molecule has 1 aliphatic carbocycles. The highest BCUT2D eigenvalue weighted by molar-refractivity contribution is 6.25. The van der Waals surface area contributed by atoms with E-state index in [1.165, 1.54) is 63.7 Å². The second-order valence-electron chi connectivity index (χ2n) is 5.79. The van der Waals surface area contributed by atoms with Crippen LogP contribution >= 0.6 is 11.6 Å². The van der Waals surface area contributed by atoms with Crippen molar-refractivity contribution in [2.45, 2.75) is 51.0 Å². The van der Waals surface area contributed by atoms with Crippen molar-refractivity contribution in [2.24, 2.45) is 0 Å². The number of rotatable bonds is 2. The highest BCUT2D eigenvalue weighted by atomic mass is 35.5. The van der Waals surface area contributed by atoms with Gasteiger partial charge in [0.1, 0.15) is 0 Å². The maximum Gasteiger partial charge on any atom is 0.0308 e. The van der Waals surface area contributed by atoms with Crippen LogP contribution in [0.1, 0.15) is 45.4 Å². The van der Waals surface area contributed by atoms with Gasteiger partial charge in [-0.25, -0.2) is 0 Å². The standard InChI is InChI=1S/C14H25ClN2/c1-13(10-15)11-17-9-5-8-16-14(12-17)6-3-2-4-7-14/h10,16H,2-9,11-12H2,1H3. The fraction of sp³-hybridized carbons (Fsp3) is 0.857. The first kappa shape index (κ1) is 13.4. The molecule has 1 saturated carbocycles. The Balaban J connectivity index is 1.98. The zero-order valence-electron chi connectivity index (χ0n) is 11.0. The van der Waals surface area contributed by atoms with Gasteiger partial charge >= 0.3 is 0 Å². The summed E-state index contributed by atoms with van der Waals surface area (Å²) in [4.78, 5) is 2.58. The fourth-order valence-corrected chi connectivity index (χ4v) is 3.37. The summed E-state index contributed by atoms with van der Waals surface area (Å²) >= 11 is 5.78. The van der Waals surface area contributed by atoms with Crippen LogP contribution in [0.2, 0.25) is 0 Å². The quantitative estimate of drug-likeness (QED) is 0.817. The summed E-state index contributed by atoms with van der Waals surface area (Å²) in [5.41, 5.74) is 3.41. The summed E-state index contributed by atoms with van der Waals surface area (Å²) in [5.74, 6) is 0. The Morgan fingerprint density at radius 1 is 1.29 bits per heavy atom. The minimum atomic E-state index is 0.404. The van der Waals surface area contributed by atoms with E-state index in [-0.39, 0.29) is 0 Å². The Hall–Kier alpha value is -0.0500. The smallest absolute Gasteiger partial charge is 0.0308 e. The number of hydrogen-bond acceptors (Lipinski definition) is 2. The molecule has 1 aliphatic heterocycles. The van der Waals surface area contributed by atoms with Crippen molar-refractivity contribution in [3.63, 3.8) is 0 Å². The highest BCUT2D eigenvalue weighted by Gasteiger charge is 2.34. The molecule has 2 fully saturated rings. The fourth-order valence-electron chi connectivity index (χ4n) is 3.30. The average Bonchev–Trinajstić information content (AvgIpc) is 2.53. The molecule has 0 aromatic carbocycles. The van der Waals surface area contributed by atoms with Crippen LogP contribution in [0.25, 0.3) is 0 Å². The van der Waals surface area contributed by atoms with Crippen molar-refractivity contribution in [3.05, 3.63) is 11.1 Å². The van der Waals surface area contributed by atoms with E-state index in [4.69, 9.17) is 11.6 Å². The summed E-state index contributed by atoms with van der Waals surface area (Å²) in [6.07, 6.45) is 8.18. The SMILES string of the molecule is CC(=CCl)CN1CCCNC2(CCCCC2)C1. The first-order chi connectivity index (χ1) is 8.24. The zero-order chi connectivity index (χ0) is 12.1. The lowest BCUT2D eigenvalue weighted by Gasteiger charge is -2.40. The third-order valence-corrected chi connectivity index (χ3v) is 4.52. The Labute approximate surface area is 110 Å². The lowest BCUT2D eigenvalue weighted by atomic mass is 9.81. The normalized spacial score (nSPS) is 27.1. The first-order valence-electron chi connectivity index (χ1n) is 6.97. The molecule has 0 bridgehead atoms. The summed E-state index contributed by atoms with van der Waals surface area (Å²) in [5, 5.41) is 3.82. The van der Waals surface area contributed by atoms with Gasteiger partial charge in [-0.3, -0.25) is 4.90 Å². The van der Waals surface area contributed by atoms with Crippen LogP contribution in [0.4, 0.5) is 0 Å². The lowest BCUT2D eigenvalue weighted by Crippen LogP contribution is -2.52. The van der Waals surface area contributed by atoms with Crippen LogP contribution in [0.15, 0.2) is 11.1 Å². The predicted molar refractivity (Wildman–Crippen MR) is 74.5 cm³/mol. The van der Waals surface area contributed by atoms with Crippen LogP contribution in [0.3, 0.4) is 0 Å². The molecule has 0 amide bonds. The lowest BCUT2D eigenvalue weighted by molar-refractivity contribution is 0.172. The summed E-state index contributed by atoms with van der Waals surface area (Å²) < 4.78 is 0. The molecular weight excluding hydrogens is 232 g/mol. The topological polar surface area (TPSA) is 15.3 Å². The highest BCUT2D eigenvalue weighted by Crippen LogP contribution is 2.30. The van der Waals surface area contributed by atoms with Crippen LogP contribution in [0, 0.1) is 0 Å². The Kier molecular flexibility index (Phi) is 4.89.